The molecule has 0 aliphatic heterocycles. The van der Waals surface area contributed by atoms with Gasteiger partial charge in [0.1, 0.15) is 4.75 Å². The second-order valence-electron chi connectivity index (χ2n) is 4.36. The third-order valence-electron chi connectivity index (χ3n) is 3.22. The highest BCUT2D eigenvalue weighted by Crippen LogP contribution is 2.51. The maximum absolute atomic E-state index is 9.27. The van der Waals surface area contributed by atoms with E-state index in [2.05, 4.69) is 44.2 Å². The number of nitriles is 1. The van der Waals surface area contributed by atoms with Crippen LogP contribution in [0.25, 0.3) is 0 Å². The largest absolute Gasteiger partial charge is 0.197 e. The first-order chi connectivity index (χ1) is 7.16. The van der Waals surface area contributed by atoms with Crippen LogP contribution in [0.15, 0.2) is 29.2 Å². The molecule has 2 heteroatoms. The van der Waals surface area contributed by atoms with E-state index in [4.69, 9.17) is 0 Å². The van der Waals surface area contributed by atoms with E-state index >= 15 is 0 Å². The monoisotopic (exact) mass is 217 g/mol. The Hall–Kier alpha value is -0.940. The molecule has 1 aromatic carbocycles. The fourth-order valence-electron chi connectivity index (χ4n) is 1.92. The molecule has 0 aromatic heterocycles. The Bertz CT molecular complexity index is 407. The van der Waals surface area contributed by atoms with Crippen LogP contribution in [0.2, 0.25) is 0 Å². The maximum atomic E-state index is 9.27. The minimum Gasteiger partial charge on any atom is -0.197 e. The summed E-state index contributed by atoms with van der Waals surface area (Å²) in [7, 11) is 0. The zero-order valence-corrected chi connectivity index (χ0v) is 9.97. The summed E-state index contributed by atoms with van der Waals surface area (Å²) in [5, 5.41) is 9.27. The van der Waals surface area contributed by atoms with Gasteiger partial charge < -0.3 is 0 Å². The van der Waals surface area contributed by atoms with E-state index in [0.29, 0.717) is 5.92 Å². The lowest BCUT2D eigenvalue weighted by Crippen LogP contribution is -2.40. The zero-order valence-electron chi connectivity index (χ0n) is 9.16. The van der Waals surface area contributed by atoms with Crippen LogP contribution in [0.5, 0.6) is 0 Å². The fourth-order valence-corrected chi connectivity index (χ4v) is 3.32. The molecular formula is C13H15NS. The number of aryl methyl sites for hydroxylation is 1. The van der Waals surface area contributed by atoms with Gasteiger partial charge in [-0.15, -0.1) is 11.8 Å². The molecule has 1 fully saturated rings. The van der Waals surface area contributed by atoms with Crippen LogP contribution in [-0.4, -0.2) is 4.75 Å². The van der Waals surface area contributed by atoms with Gasteiger partial charge in [-0.3, -0.25) is 0 Å². The van der Waals surface area contributed by atoms with Gasteiger partial charge in [-0.1, -0.05) is 24.6 Å². The average molecular weight is 217 g/mol. The molecule has 1 aliphatic rings. The highest BCUT2D eigenvalue weighted by molar-refractivity contribution is 8.01. The molecule has 0 spiro atoms. The van der Waals surface area contributed by atoms with Gasteiger partial charge in [0.25, 0.3) is 0 Å². The molecular weight excluding hydrogens is 202 g/mol. The summed E-state index contributed by atoms with van der Waals surface area (Å²) in [6.07, 6.45) is 2.22. The fraction of sp³-hybridized carbons (Fsp3) is 0.462. The molecule has 0 amide bonds. The van der Waals surface area contributed by atoms with Crippen LogP contribution in [-0.2, 0) is 0 Å². The number of hydrogen-bond acceptors (Lipinski definition) is 2. The molecule has 0 bridgehead atoms. The number of thioether (sulfide) groups is 1. The highest BCUT2D eigenvalue weighted by atomic mass is 32.2. The van der Waals surface area contributed by atoms with Crippen LogP contribution in [0.3, 0.4) is 0 Å². The van der Waals surface area contributed by atoms with E-state index in [1.54, 1.807) is 11.8 Å². The molecule has 15 heavy (non-hydrogen) atoms. The smallest absolute Gasteiger partial charge is 0.110 e. The minimum atomic E-state index is -0.159. The number of rotatable bonds is 2. The van der Waals surface area contributed by atoms with Crippen molar-refractivity contribution in [1.82, 2.24) is 0 Å². The highest BCUT2D eigenvalue weighted by Gasteiger charge is 2.45. The van der Waals surface area contributed by atoms with Gasteiger partial charge in [-0.05, 0) is 37.8 Å². The molecule has 0 heterocycles. The van der Waals surface area contributed by atoms with E-state index in [0.717, 1.165) is 6.42 Å². The van der Waals surface area contributed by atoms with E-state index in [9.17, 15) is 5.26 Å². The molecule has 78 valence electrons. The van der Waals surface area contributed by atoms with Gasteiger partial charge in [0, 0.05) is 4.90 Å². The molecule has 1 aliphatic carbocycles. The van der Waals surface area contributed by atoms with Crippen LogP contribution in [0.1, 0.15) is 25.3 Å². The van der Waals surface area contributed by atoms with Crippen molar-refractivity contribution < 1.29 is 0 Å². The van der Waals surface area contributed by atoms with E-state index in [-0.39, 0.29) is 4.75 Å². The normalized spacial score (nSPS) is 29.3. The van der Waals surface area contributed by atoms with Gasteiger partial charge in [-0.2, -0.15) is 5.26 Å². The standard InChI is InChI=1S/C13H15NS/c1-10-4-3-5-12(8-10)15-13(9-14)7-6-11(13)2/h3-5,8,11H,6-7H2,1-2H3. The number of benzene rings is 1. The number of nitrogens with zero attached hydrogens (tertiary/aromatic N) is 1. The summed E-state index contributed by atoms with van der Waals surface area (Å²) in [6.45, 7) is 4.27. The minimum absolute atomic E-state index is 0.159. The maximum Gasteiger partial charge on any atom is 0.110 e. The van der Waals surface area contributed by atoms with Crippen LogP contribution in [0, 0.1) is 24.2 Å². The predicted molar refractivity (Wildman–Crippen MR) is 63.8 cm³/mol. The van der Waals surface area contributed by atoms with Crippen molar-refractivity contribution in [2.24, 2.45) is 5.92 Å². The van der Waals surface area contributed by atoms with Crippen molar-refractivity contribution in [1.29, 1.82) is 5.26 Å². The second kappa shape index (κ2) is 3.90. The SMILES string of the molecule is Cc1cccc(SC2(C#N)CCC2C)c1. The summed E-state index contributed by atoms with van der Waals surface area (Å²) < 4.78 is -0.159. The molecule has 0 saturated heterocycles. The van der Waals surface area contributed by atoms with E-state index in [1.165, 1.54) is 16.9 Å². The number of hydrogen-bond donors (Lipinski definition) is 0. The Labute approximate surface area is 95.5 Å². The molecule has 2 atom stereocenters. The van der Waals surface area contributed by atoms with Crippen molar-refractivity contribution in [3.8, 4) is 6.07 Å². The Morgan fingerprint density at radius 3 is 2.80 bits per heavy atom. The van der Waals surface area contributed by atoms with E-state index < -0.39 is 0 Å². The Balaban J connectivity index is 2.18. The lowest BCUT2D eigenvalue weighted by molar-refractivity contribution is 0.297. The molecule has 1 aromatic rings. The summed E-state index contributed by atoms with van der Waals surface area (Å²) in [5.74, 6) is 0.521. The average Bonchev–Trinajstić information content (AvgIpc) is 2.24. The van der Waals surface area contributed by atoms with Crippen LogP contribution < -0.4 is 0 Å². The van der Waals surface area contributed by atoms with E-state index in [1.807, 2.05) is 0 Å². The van der Waals surface area contributed by atoms with Gasteiger partial charge >= 0.3 is 0 Å². The Morgan fingerprint density at radius 2 is 2.33 bits per heavy atom. The van der Waals surface area contributed by atoms with Crippen molar-refractivity contribution in [2.45, 2.75) is 36.3 Å². The van der Waals surface area contributed by atoms with Gasteiger partial charge in [0.15, 0.2) is 0 Å². The van der Waals surface area contributed by atoms with Crippen LogP contribution in [0.4, 0.5) is 0 Å². The first-order valence-electron chi connectivity index (χ1n) is 5.33. The topological polar surface area (TPSA) is 23.8 Å². The molecule has 0 N–H and O–H groups in total. The van der Waals surface area contributed by atoms with Gasteiger partial charge in [-0.25, -0.2) is 0 Å². The van der Waals surface area contributed by atoms with Gasteiger partial charge in [0.05, 0.1) is 6.07 Å². The second-order valence-corrected chi connectivity index (χ2v) is 5.76. The van der Waals surface area contributed by atoms with Gasteiger partial charge in [0.2, 0.25) is 0 Å². The Morgan fingerprint density at radius 1 is 1.53 bits per heavy atom. The molecule has 2 rings (SSSR count). The quantitative estimate of drug-likeness (QED) is 0.752. The van der Waals surface area contributed by atoms with Crippen molar-refractivity contribution >= 4 is 11.8 Å². The zero-order chi connectivity index (χ0) is 10.9. The van der Waals surface area contributed by atoms with Crippen molar-refractivity contribution in [3.05, 3.63) is 29.8 Å². The van der Waals surface area contributed by atoms with Crippen molar-refractivity contribution in [3.63, 3.8) is 0 Å². The lowest BCUT2D eigenvalue weighted by Gasteiger charge is -2.41. The summed E-state index contributed by atoms with van der Waals surface area (Å²) in [6, 6.07) is 10.9. The third-order valence-corrected chi connectivity index (χ3v) is 4.78. The molecule has 0 radical (unpaired) electrons. The van der Waals surface area contributed by atoms with Crippen LogP contribution >= 0.6 is 11.8 Å². The lowest BCUT2D eigenvalue weighted by atomic mass is 9.75. The molecule has 2 unspecified atom stereocenters. The molecule has 1 saturated carbocycles. The third kappa shape index (κ3) is 1.89. The first-order valence-corrected chi connectivity index (χ1v) is 6.15. The first kappa shape index (κ1) is 10.6. The van der Waals surface area contributed by atoms with Crippen molar-refractivity contribution in [2.75, 3.05) is 0 Å². The Kier molecular flexibility index (Phi) is 2.75. The summed E-state index contributed by atoms with van der Waals surface area (Å²) >= 11 is 1.74. The summed E-state index contributed by atoms with van der Waals surface area (Å²) in [5.41, 5.74) is 1.26. The molecule has 1 nitrogen and oxygen atoms in total. The summed E-state index contributed by atoms with van der Waals surface area (Å²) in [4.78, 5) is 1.23. The predicted octanol–water partition coefficient (Wildman–Crippen LogP) is 3.78.